The smallest absolute Gasteiger partial charge is 0.216 e. The summed E-state index contributed by atoms with van der Waals surface area (Å²) in [4.78, 5) is 11.1. The lowest BCUT2D eigenvalue weighted by Crippen LogP contribution is -1.92. The maximum absolute atomic E-state index is 11.1. The van der Waals surface area contributed by atoms with Crippen molar-refractivity contribution in [2.24, 2.45) is 0 Å². The van der Waals surface area contributed by atoms with Gasteiger partial charge in [-0.3, -0.25) is 4.79 Å². The molecule has 0 aromatic heterocycles. The van der Waals surface area contributed by atoms with Gasteiger partial charge in [-0.1, -0.05) is 43.3 Å². The number of benzene rings is 1. The van der Waals surface area contributed by atoms with Crippen molar-refractivity contribution in [1.82, 2.24) is 0 Å². The van der Waals surface area contributed by atoms with Crippen LogP contribution < -0.4 is 0 Å². The molecule has 0 amide bonds. The zero-order valence-corrected chi connectivity index (χ0v) is 8.42. The van der Waals surface area contributed by atoms with Gasteiger partial charge in [0.15, 0.2) is 0 Å². The molecule has 0 atom stereocenters. The van der Waals surface area contributed by atoms with E-state index < -0.39 is 0 Å². The number of allylic oxidation sites excluding steroid dienone is 1. The van der Waals surface area contributed by atoms with Crippen LogP contribution in [0.4, 0.5) is 0 Å². The van der Waals surface area contributed by atoms with E-state index in [-0.39, 0.29) is 5.12 Å². The largest absolute Gasteiger partial charge is 0.282 e. The predicted molar refractivity (Wildman–Crippen MR) is 58.7 cm³/mol. The minimum atomic E-state index is -0.173. The summed E-state index contributed by atoms with van der Waals surface area (Å²) >= 11 is 3.83. The van der Waals surface area contributed by atoms with Crippen LogP contribution in [0.3, 0.4) is 0 Å². The highest BCUT2D eigenvalue weighted by atomic mass is 32.1. The number of carbonyl (C=O) groups is 1. The summed E-state index contributed by atoms with van der Waals surface area (Å²) < 4.78 is 0. The Morgan fingerprint density at radius 2 is 2.00 bits per heavy atom. The number of hydrogen-bond acceptors (Lipinski definition) is 1. The molecule has 0 heterocycles. The Balaban J connectivity index is 3.03. The first-order chi connectivity index (χ1) is 6.25. The van der Waals surface area contributed by atoms with Crippen LogP contribution in [0.2, 0.25) is 0 Å². The van der Waals surface area contributed by atoms with E-state index in [0.717, 1.165) is 12.0 Å². The van der Waals surface area contributed by atoms with Gasteiger partial charge in [-0.2, -0.15) is 0 Å². The molecule has 0 saturated carbocycles. The predicted octanol–water partition coefficient (Wildman–Crippen LogP) is 2.94. The first kappa shape index (κ1) is 10.1. The summed E-state index contributed by atoms with van der Waals surface area (Å²) in [6.45, 7) is 2.00. The molecule has 1 nitrogen and oxygen atoms in total. The summed E-state index contributed by atoms with van der Waals surface area (Å²) in [5.41, 5.74) is 1.62. The van der Waals surface area contributed by atoms with E-state index in [4.69, 9.17) is 0 Å². The quantitative estimate of drug-likeness (QED) is 0.575. The Morgan fingerprint density at radius 1 is 1.38 bits per heavy atom. The van der Waals surface area contributed by atoms with Gasteiger partial charge < -0.3 is 0 Å². The summed E-state index contributed by atoms with van der Waals surface area (Å²) in [6.07, 6.45) is 2.74. The van der Waals surface area contributed by atoms with Crippen molar-refractivity contribution in [3.05, 3.63) is 42.0 Å². The maximum atomic E-state index is 11.1. The third-order valence-electron chi connectivity index (χ3n) is 1.72. The standard InChI is InChI=1S/C11H12OS/c1-2-6-10(11(12)13)9-7-4-3-5-8-9/h3-8H,2H2,1H3,(H,12,13). The molecule has 0 spiro atoms. The molecule has 0 fully saturated rings. The van der Waals surface area contributed by atoms with E-state index in [1.165, 1.54) is 0 Å². The van der Waals surface area contributed by atoms with Gasteiger partial charge in [-0.15, -0.1) is 12.6 Å². The fraction of sp³-hybridized carbons (Fsp3) is 0.182. The second-order valence-corrected chi connectivity index (χ2v) is 3.10. The minimum Gasteiger partial charge on any atom is -0.282 e. The normalized spacial score (nSPS) is 11.4. The number of thiol groups is 1. The zero-order chi connectivity index (χ0) is 9.68. The van der Waals surface area contributed by atoms with Gasteiger partial charge in [-0.05, 0) is 12.0 Å². The first-order valence-corrected chi connectivity index (χ1v) is 4.69. The van der Waals surface area contributed by atoms with E-state index in [9.17, 15) is 4.79 Å². The van der Waals surface area contributed by atoms with Crippen molar-refractivity contribution in [3.8, 4) is 0 Å². The number of carbonyl (C=O) groups excluding carboxylic acids is 1. The molecule has 0 unspecified atom stereocenters. The molecule has 13 heavy (non-hydrogen) atoms. The number of hydrogen-bond donors (Lipinski definition) is 1. The third-order valence-corrected chi connectivity index (χ3v) is 1.96. The molecule has 1 aromatic rings. The van der Waals surface area contributed by atoms with Gasteiger partial charge in [-0.25, -0.2) is 0 Å². The van der Waals surface area contributed by atoms with E-state index in [1.807, 2.05) is 43.3 Å². The van der Waals surface area contributed by atoms with Gasteiger partial charge in [0.05, 0.1) is 0 Å². The molecule has 0 radical (unpaired) electrons. The summed E-state index contributed by atoms with van der Waals surface area (Å²) in [7, 11) is 0. The van der Waals surface area contributed by atoms with Crippen LogP contribution in [0.5, 0.6) is 0 Å². The lowest BCUT2D eigenvalue weighted by molar-refractivity contribution is -0.106. The summed E-state index contributed by atoms with van der Waals surface area (Å²) in [6, 6.07) is 9.58. The third kappa shape index (κ3) is 2.74. The molecule has 68 valence electrons. The Labute approximate surface area is 83.9 Å². The first-order valence-electron chi connectivity index (χ1n) is 4.24. The van der Waals surface area contributed by atoms with Gasteiger partial charge in [0.2, 0.25) is 5.12 Å². The van der Waals surface area contributed by atoms with Crippen LogP contribution in [0.15, 0.2) is 36.4 Å². The van der Waals surface area contributed by atoms with Crippen molar-refractivity contribution in [3.63, 3.8) is 0 Å². The number of rotatable bonds is 3. The van der Waals surface area contributed by atoms with Gasteiger partial charge in [0.25, 0.3) is 0 Å². The second-order valence-electron chi connectivity index (χ2n) is 2.70. The molecule has 1 aromatic carbocycles. The van der Waals surface area contributed by atoms with Crippen molar-refractivity contribution in [2.45, 2.75) is 13.3 Å². The minimum absolute atomic E-state index is 0.173. The van der Waals surface area contributed by atoms with Gasteiger partial charge >= 0.3 is 0 Å². The molecule has 0 bridgehead atoms. The highest BCUT2D eigenvalue weighted by Gasteiger charge is 2.05. The molecular formula is C11H12OS. The van der Waals surface area contributed by atoms with E-state index in [0.29, 0.717) is 5.57 Å². The Kier molecular flexibility index (Phi) is 3.77. The van der Waals surface area contributed by atoms with E-state index in [2.05, 4.69) is 12.6 Å². The molecule has 0 aliphatic carbocycles. The van der Waals surface area contributed by atoms with Gasteiger partial charge in [0, 0.05) is 5.57 Å². The molecule has 0 N–H and O–H groups in total. The molecule has 0 saturated heterocycles. The Bertz CT molecular complexity index is 314. The lowest BCUT2D eigenvalue weighted by atomic mass is 10.1. The van der Waals surface area contributed by atoms with E-state index >= 15 is 0 Å². The fourth-order valence-electron chi connectivity index (χ4n) is 1.15. The van der Waals surface area contributed by atoms with Crippen molar-refractivity contribution in [1.29, 1.82) is 0 Å². The van der Waals surface area contributed by atoms with Crippen molar-refractivity contribution >= 4 is 23.3 Å². The summed E-state index contributed by atoms with van der Waals surface area (Å²) in [5.74, 6) is 0. The van der Waals surface area contributed by atoms with Crippen molar-refractivity contribution < 1.29 is 4.79 Å². The Morgan fingerprint density at radius 3 is 2.46 bits per heavy atom. The highest BCUT2D eigenvalue weighted by Crippen LogP contribution is 2.17. The molecule has 0 aliphatic rings. The van der Waals surface area contributed by atoms with Crippen LogP contribution >= 0.6 is 12.6 Å². The monoisotopic (exact) mass is 192 g/mol. The second kappa shape index (κ2) is 4.87. The molecule has 1 rings (SSSR count). The van der Waals surface area contributed by atoms with E-state index in [1.54, 1.807) is 0 Å². The SMILES string of the molecule is CCC=C(C(=O)S)c1ccccc1. The van der Waals surface area contributed by atoms with Crippen LogP contribution in [0.25, 0.3) is 5.57 Å². The van der Waals surface area contributed by atoms with Crippen LogP contribution in [0, 0.1) is 0 Å². The fourth-order valence-corrected chi connectivity index (χ4v) is 1.37. The van der Waals surface area contributed by atoms with Crippen LogP contribution in [-0.4, -0.2) is 5.12 Å². The van der Waals surface area contributed by atoms with Gasteiger partial charge in [0.1, 0.15) is 0 Å². The van der Waals surface area contributed by atoms with Crippen LogP contribution in [0.1, 0.15) is 18.9 Å². The topological polar surface area (TPSA) is 17.1 Å². The average molecular weight is 192 g/mol. The molecule has 0 aliphatic heterocycles. The Hall–Kier alpha value is -1.02. The highest BCUT2D eigenvalue weighted by molar-refractivity contribution is 7.98. The lowest BCUT2D eigenvalue weighted by Gasteiger charge is -2.01. The molecule has 2 heteroatoms. The maximum Gasteiger partial charge on any atom is 0.216 e. The summed E-state index contributed by atoms with van der Waals surface area (Å²) in [5, 5.41) is -0.173. The average Bonchev–Trinajstić information content (AvgIpc) is 2.15. The van der Waals surface area contributed by atoms with Crippen LogP contribution in [-0.2, 0) is 4.79 Å². The zero-order valence-electron chi connectivity index (χ0n) is 7.53. The molecular weight excluding hydrogens is 180 g/mol. The van der Waals surface area contributed by atoms with Crippen molar-refractivity contribution in [2.75, 3.05) is 0 Å².